The van der Waals surface area contributed by atoms with Gasteiger partial charge in [-0.1, -0.05) is 71.0 Å². The van der Waals surface area contributed by atoms with Crippen molar-refractivity contribution in [2.24, 2.45) is 0 Å². The third kappa shape index (κ3) is 8.01. The molecular weight excluding hydrogens is 436 g/mol. The first-order chi connectivity index (χ1) is 16.5. The Labute approximate surface area is 196 Å². The minimum atomic E-state index is -0.308. The molecule has 0 saturated heterocycles. The second-order valence-corrected chi connectivity index (χ2v) is 7.23. The molecule has 0 unspecified atom stereocenters. The van der Waals surface area contributed by atoms with Crippen LogP contribution in [0, 0.1) is 13.8 Å². The number of carbonyl (C=O) groups is 2. The molecule has 4 rings (SSSR count). The molecule has 4 aromatic rings. The van der Waals surface area contributed by atoms with Crippen molar-refractivity contribution in [1.29, 1.82) is 0 Å². The van der Waals surface area contributed by atoms with Crippen LogP contribution < -0.4 is 21.7 Å². The predicted octanol–water partition coefficient (Wildman–Crippen LogP) is 2.84. The molecule has 0 bridgehead atoms. The maximum atomic E-state index is 11.6. The number of nitrogens with zero attached hydrogens (tertiary/aromatic N) is 2. The van der Waals surface area contributed by atoms with E-state index in [9.17, 15) is 9.59 Å². The number of rotatable bonds is 8. The smallest absolute Gasteiger partial charge is 0.287 e. The van der Waals surface area contributed by atoms with Crippen molar-refractivity contribution in [2.45, 2.75) is 26.9 Å². The Morgan fingerprint density at radius 2 is 1.06 bits per heavy atom. The number of nitrogens with one attached hydrogen (secondary N) is 4. The second-order valence-electron chi connectivity index (χ2n) is 7.23. The van der Waals surface area contributed by atoms with E-state index in [1.807, 2.05) is 60.7 Å². The average molecular weight is 463 g/mol. The standard InChI is InChI=1S/2C12H13N3O2/c2*1-9-7-11(15-17-9)12(16)14-13-8-10-5-3-2-4-6-10/h2*2-7,13H,8H2,1H3,(H,14,16). The molecule has 176 valence electrons. The second kappa shape index (κ2) is 12.7. The summed E-state index contributed by atoms with van der Waals surface area (Å²) in [4.78, 5) is 23.1. The topological polar surface area (TPSA) is 134 Å². The van der Waals surface area contributed by atoms with E-state index in [1.165, 1.54) is 0 Å². The highest BCUT2D eigenvalue weighted by Crippen LogP contribution is 2.02. The molecule has 0 radical (unpaired) electrons. The predicted molar refractivity (Wildman–Crippen MR) is 124 cm³/mol. The Balaban J connectivity index is 0.000000191. The highest BCUT2D eigenvalue weighted by Gasteiger charge is 2.10. The number of aryl methyl sites for hydroxylation is 2. The average Bonchev–Trinajstić information content (AvgIpc) is 3.49. The van der Waals surface area contributed by atoms with Crippen molar-refractivity contribution < 1.29 is 18.6 Å². The van der Waals surface area contributed by atoms with E-state index in [0.717, 1.165) is 11.1 Å². The van der Waals surface area contributed by atoms with Gasteiger partial charge in [0, 0.05) is 25.2 Å². The van der Waals surface area contributed by atoms with Crippen molar-refractivity contribution in [3.63, 3.8) is 0 Å². The third-order valence-corrected chi connectivity index (χ3v) is 4.40. The number of hydrogen-bond acceptors (Lipinski definition) is 8. The first-order valence-corrected chi connectivity index (χ1v) is 10.5. The summed E-state index contributed by atoms with van der Waals surface area (Å²) >= 11 is 0. The van der Waals surface area contributed by atoms with Crippen molar-refractivity contribution >= 4 is 11.8 Å². The summed E-state index contributed by atoms with van der Waals surface area (Å²) in [6.07, 6.45) is 0. The molecule has 0 aliphatic carbocycles. The van der Waals surface area contributed by atoms with Gasteiger partial charge in [-0.3, -0.25) is 20.4 Å². The number of benzene rings is 2. The number of amides is 2. The molecule has 2 amide bonds. The van der Waals surface area contributed by atoms with Gasteiger partial charge in [-0.05, 0) is 25.0 Å². The fraction of sp³-hybridized carbons (Fsp3) is 0.167. The van der Waals surface area contributed by atoms with E-state index in [2.05, 4.69) is 32.0 Å². The van der Waals surface area contributed by atoms with E-state index < -0.39 is 0 Å². The van der Waals surface area contributed by atoms with Gasteiger partial charge in [-0.2, -0.15) is 0 Å². The summed E-state index contributed by atoms with van der Waals surface area (Å²) in [5.74, 6) is 0.604. The Kier molecular flexibility index (Phi) is 9.09. The van der Waals surface area contributed by atoms with Gasteiger partial charge in [0.2, 0.25) is 0 Å². The number of aromatic nitrogens is 2. The first kappa shape index (κ1) is 24.4. The molecule has 2 aromatic carbocycles. The van der Waals surface area contributed by atoms with Crippen LogP contribution in [0.1, 0.15) is 43.6 Å². The van der Waals surface area contributed by atoms with Gasteiger partial charge in [-0.15, -0.1) is 0 Å². The summed E-state index contributed by atoms with van der Waals surface area (Å²) in [7, 11) is 0. The molecule has 0 atom stereocenters. The van der Waals surface area contributed by atoms with Crippen LogP contribution in [0.15, 0.2) is 81.8 Å². The molecular formula is C24H26N6O4. The monoisotopic (exact) mass is 462 g/mol. The Morgan fingerprint density at radius 1 is 0.676 bits per heavy atom. The summed E-state index contributed by atoms with van der Waals surface area (Å²) in [5.41, 5.74) is 13.5. The van der Waals surface area contributed by atoms with Crippen molar-refractivity contribution in [1.82, 2.24) is 32.0 Å². The highest BCUT2D eigenvalue weighted by atomic mass is 16.5. The zero-order valence-electron chi connectivity index (χ0n) is 18.9. The van der Waals surface area contributed by atoms with Crippen molar-refractivity contribution in [2.75, 3.05) is 0 Å². The Hall–Kier alpha value is -4.28. The normalized spacial score (nSPS) is 10.2. The lowest BCUT2D eigenvalue weighted by Gasteiger charge is -2.04. The molecule has 4 N–H and O–H groups in total. The van der Waals surface area contributed by atoms with Gasteiger partial charge in [0.15, 0.2) is 11.4 Å². The lowest BCUT2D eigenvalue weighted by atomic mass is 10.2. The van der Waals surface area contributed by atoms with Crippen LogP contribution in [0.3, 0.4) is 0 Å². The van der Waals surface area contributed by atoms with Crippen LogP contribution in [0.2, 0.25) is 0 Å². The van der Waals surface area contributed by atoms with Gasteiger partial charge < -0.3 is 9.05 Å². The van der Waals surface area contributed by atoms with Gasteiger partial charge in [0.05, 0.1) is 0 Å². The first-order valence-electron chi connectivity index (χ1n) is 10.5. The lowest BCUT2D eigenvalue weighted by Crippen LogP contribution is -2.36. The van der Waals surface area contributed by atoms with Crippen LogP contribution in [0.4, 0.5) is 0 Å². The molecule has 10 heteroatoms. The lowest BCUT2D eigenvalue weighted by molar-refractivity contribution is 0.0914. The van der Waals surface area contributed by atoms with E-state index in [4.69, 9.17) is 9.05 Å². The van der Waals surface area contributed by atoms with Gasteiger partial charge >= 0.3 is 0 Å². The molecule has 34 heavy (non-hydrogen) atoms. The number of hydrazine groups is 2. The van der Waals surface area contributed by atoms with E-state index in [1.54, 1.807) is 26.0 Å². The SMILES string of the molecule is Cc1cc(C(=O)NNCc2ccccc2)no1.Cc1cc(C(=O)NNCc2ccccc2)no1. The highest BCUT2D eigenvalue weighted by molar-refractivity contribution is 5.92. The Bertz CT molecular complexity index is 1080. The molecule has 2 aromatic heterocycles. The van der Waals surface area contributed by atoms with Crippen LogP contribution in [-0.2, 0) is 13.1 Å². The summed E-state index contributed by atoms with van der Waals surface area (Å²) in [5, 5.41) is 7.23. The van der Waals surface area contributed by atoms with Gasteiger partial charge in [0.1, 0.15) is 11.5 Å². The maximum absolute atomic E-state index is 11.6. The van der Waals surface area contributed by atoms with Crippen LogP contribution in [0.5, 0.6) is 0 Å². The van der Waals surface area contributed by atoms with E-state index >= 15 is 0 Å². The molecule has 0 fully saturated rings. The van der Waals surface area contributed by atoms with Crippen LogP contribution >= 0.6 is 0 Å². The van der Waals surface area contributed by atoms with Crippen LogP contribution in [0.25, 0.3) is 0 Å². The number of carbonyl (C=O) groups excluding carboxylic acids is 2. The fourth-order valence-corrected chi connectivity index (χ4v) is 2.72. The molecule has 0 saturated carbocycles. The molecule has 10 nitrogen and oxygen atoms in total. The van der Waals surface area contributed by atoms with Crippen molar-refractivity contribution in [3.05, 3.63) is 107 Å². The Morgan fingerprint density at radius 3 is 1.38 bits per heavy atom. The minimum Gasteiger partial charge on any atom is -0.361 e. The maximum Gasteiger partial charge on any atom is 0.287 e. The molecule has 0 aliphatic rings. The minimum absolute atomic E-state index is 0.267. The summed E-state index contributed by atoms with van der Waals surface area (Å²) in [6, 6.07) is 22.7. The fourth-order valence-electron chi connectivity index (χ4n) is 2.72. The quantitative estimate of drug-likeness (QED) is 0.294. The van der Waals surface area contributed by atoms with Gasteiger partial charge in [0.25, 0.3) is 11.8 Å². The van der Waals surface area contributed by atoms with E-state index in [-0.39, 0.29) is 23.2 Å². The van der Waals surface area contributed by atoms with Gasteiger partial charge in [-0.25, -0.2) is 10.9 Å². The summed E-state index contributed by atoms with van der Waals surface area (Å²) < 4.78 is 9.62. The zero-order chi connectivity index (χ0) is 24.2. The number of hydrogen-bond donors (Lipinski definition) is 4. The summed E-state index contributed by atoms with van der Waals surface area (Å²) in [6.45, 7) is 4.59. The zero-order valence-corrected chi connectivity index (χ0v) is 18.9. The molecule has 2 heterocycles. The van der Waals surface area contributed by atoms with Crippen molar-refractivity contribution in [3.8, 4) is 0 Å². The largest absolute Gasteiger partial charge is 0.361 e. The molecule has 0 aliphatic heterocycles. The van der Waals surface area contributed by atoms with E-state index in [0.29, 0.717) is 24.6 Å². The molecule has 0 spiro atoms. The third-order valence-electron chi connectivity index (χ3n) is 4.40. The van der Waals surface area contributed by atoms with Crippen LogP contribution in [-0.4, -0.2) is 22.1 Å².